The molecule has 2 aliphatic heterocycles. The molecular weight excluding hydrogens is 386 g/mol. The summed E-state index contributed by atoms with van der Waals surface area (Å²) in [5.41, 5.74) is 0. The third-order valence-corrected chi connectivity index (χ3v) is 7.25. The Balaban J connectivity index is 1.59. The molecule has 1 aromatic rings. The summed E-state index contributed by atoms with van der Waals surface area (Å²) >= 11 is 7.37. The van der Waals surface area contributed by atoms with E-state index in [1.165, 1.54) is 33.1 Å². The molecule has 1 aromatic carbocycles. The molecule has 2 aliphatic rings. The summed E-state index contributed by atoms with van der Waals surface area (Å²) in [6.07, 6.45) is 0. The van der Waals surface area contributed by atoms with Crippen molar-refractivity contribution < 1.29 is 18.0 Å². The first kappa shape index (κ1) is 18.5. The second kappa shape index (κ2) is 7.53. The molecule has 0 N–H and O–H groups in total. The Bertz CT molecular complexity index is 779. The standard InChI is InChI=1S/C15H18ClN3O4S2/c16-12-2-1-3-13(8-12)25(22,23)19-6-4-17(5-7-19)14(20)9-18-11-24-10-15(18)21/h1-3,8H,4-7,9-11H2. The minimum Gasteiger partial charge on any atom is -0.339 e. The molecule has 0 atom stereocenters. The molecule has 136 valence electrons. The lowest BCUT2D eigenvalue weighted by Crippen LogP contribution is -2.52. The molecule has 2 saturated heterocycles. The molecule has 3 rings (SSSR count). The molecule has 7 nitrogen and oxygen atoms in total. The number of carbonyl (C=O) groups is 2. The Morgan fingerprint density at radius 1 is 1.20 bits per heavy atom. The fourth-order valence-electron chi connectivity index (χ4n) is 2.76. The first-order valence-electron chi connectivity index (χ1n) is 7.77. The van der Waals surface area contributed by atoms with E-state index in [2.05, 4.69) is 0 Å². The van der Waals surface area contributed by atoms with Crippen LogP contribution in [0.5, 0.6) is 0 Å². The smallest absolute Gasteiger partial charge is 0.243 e. The van der Waals surface area contributed by atoms with Crippen molar-refractivity contribution in [2.24, 2.45) is 0 Å². The highest BCUT2D eigenvalue weighted by Gasteiger charge is 2.31. The Labute approximate surface area is 155 Å². The van der Waals surface area contributed by atoms with Crippen LogP contribution in [0.1, 0.15) is 0 Å². The number of carbonyl (C=O) groups excluding carboxylic acids is 2. The van der Waals surface area contributed by atoms with Crippen molar-refractivity contribution in [2.75, 3.05) is 44.4 Å². The van der Waals surface area contributed by atoms with E-state index in [0.717, 1.165) is 0 Å². The first-order valence-corrected chi connectivity index (χ1v) is 10.7. The largest absolute Gasteiger partial charge is 0.339 e. The molecule has 0 spiro atoms. The highest BCUT2D eigenvalue weighted by atomic mass is 35.5. The van der Waals surface area contributed by atoms with E-state index in [4.69, 9.17) is 11.6 Å². The van der Waals surface area contributed by atoms with Gasteiger partial charge in [-0.25, -0.2) is 8.42 Å². The van der Waals surface area contributed by atoms with E-state index < -0.39 is 10.0 Å². The zero-order chi connectivity index (χ0) is 18.0. The van der Waals surface area contributed by atoms with Crippen LogP contribution in [0.25, 0.3) is 0 Å². The average molecular weight is 404 g/mol. The van der Waals surface area contributed by atoms with Crippen molar-refractivity contribution in [1.29, 1.82) is 0 Å². The summed E-state index contributed by atoms with van der Waals surface area (Å²) in [4.78, 5) is 27.2. The SMILES string of the molecule is O=C(CN1CSCC1=O)N1CCN(S(=O)(=O)c2cccc(Cl)c2)CC1. The monoisotopic (exact) mass is 403 g/mol. The summed E-state index contributed by atoms with van der Waals surface area (Å²) in [5.74, 6) is 0.781. The molecule has 0 aromatic heterocycles. The number of benzene rings is 1. The molecule has 0 aliphatic carbocycles. The van der Waals surface area contributed by atoms with Crippen molar-refractivity contribution in [3.8, 4) is 0 Å². The summed E-state index contributed by atoms with van der Waals surface area (Å²) in [6, 6.07) is 6.15. The number of hydrogen-bond acceptors (Lipinski definition) is 5. The highest BCUT2D eigenvalue weighted by molar-refractivity contribution is 8.00. The van der Waals surface area contributed by atoms with Gasteiger partial charge in [-0.05, 0) is 18.2 Å². The number of sulfonamides is 1. The molecule has 25 heavy (non-hydrogen) atoms. The van der Waals surface area contributed by atoms with Crippen molar-refractivity contribution in [1.82, 2.24) is 14.1 Å². The van der Waals surface area contributed by atoms with Gasteiger partial charge in [0.25, 0.3) is 0 Å². The fraction of sp³-hybridized carbons (Fsp3) is 0.467. The van der Waals surface area contributed by atoms with Crippen molar-refractivity contribution in [2.45, 2.75) is 4.90 Å². The number of hydrogen-bond donors (Lipinski definition) is 0. The van der Waals surface area contributed by atoms with Crippen LogP contribution < -0.4 is 0 Å². The van der Waals surface area contributed by atoms with Gasteiger partial charge in [0, 0.05) is 31.2 Å². The van der Waals surface area contributed by atoms with Crippen LogP contribution in [0, 0.1) is 0 Å². The van der Waals surface area contributed by atoms with Crippen LogP contribution in [0.4, 0.5) is 0 Å². The predicted molar refractivity (Wildman–Crippen MR) is 95.8 cm³/mol. The normalized spacial score (nSPS) is 19.5. The van der Waals surface area contributed by atoms with Gasteiger partial charge >= 0.3 is 0 Å². The Morgan fingerprint density at radius 2 is 1.92 bits per heavy atom. The van der Waals surface area contributed by atoms with E-state index in [1.807, 2.05) is 0 Å². The van der Waals surface area contributed by atoms with Crippen molar-refractivity contribution >= 4 is 45.2 Å². The molecule has 10 heteroatoms. The second-order valence-corrected chi connectivity index (χ2v) is 9.14. The number of thioether (sulfide) groups is 1. The van der Waals surface area contributed by atoms with Gasteiger partial charge in [0.05, 0.1) is 16.5 Å². The highest BCUT2D eigenvalue weighted by Crippen LogP contribution is 2.21. The number of rotatable bonds is 4. The summed E-state index contributed by atoms with van der Waals surface area (Å²) in [6.45, 7) is 1.14. The van der Waals surface area contributed by atoms with Crippen LogP contribution in [0.3, 0.4) is 0 Å². The summed E-state index contributed by atoms with van der Waals surface area (Å²) in [5, 5.41) is 0.364. The molecule has 0 unspecified atom stereocenters. The third-order valence-electron chi connectivity index (χ3n) is 4.18. The maximum Gasteiger partial charge on any atom is 0.243 e. The van der Waals surface area contributed by atoms with Crippen LogP contribution in [0.15, 0.2) is 29.2 Å². The van der Waals surface area contributed by atoms with Gasteiger partial charge in [-0.1, -0.05) is 17.7 Å². The number of halogens is 1. The topological polar surface area (TPSA) is 78.0 Å². The lowest BCUT2D eigenvalue weighted by molar-refractivity contribution is -0.138. The molecule has 0 radical (unpaired) electrons. The van der Waals surface area contributed by atoms with Gasteiger partial charge in [0.2, 0.25) is 21.8 Å². The summed E-state index contributed by atoms with van der Waals surface area (Å²) < 4.78 is 26.7. The van der Waals surface area contributed by atoms with Crippen molar-refractivity contribution in [3.63, 3.8) is 0 Å². The van der Waals surface area contributed by atoms with Crippen LogP contribution in [-0.2, 0) is 19.6 Å². The number of amides is 2. The first-order chi connectivity index (χ1) is 11.9. The lowest BCUT2D eigenvalue weighted by atomic mass is 10.3. The van der Waals surface area contributed by atoms with E-state index in [-0.39, 0.29) is 36.3 Å². The number of piperazine rings is 1. The predicted octanol–water partition coefficient (Wildman–Crippen LogP) is 0.706. The van der Waals surface area contributed by atoms with E-state index in [0.29, 0.717) is 29.7 Å². The minimum absolute atomic E-state index is 0.0273. The molecule has 0 saturated carbocycles. The zero-order valence-electron chi connectivity index (χ0n) is 13.4. The molecule has 2 fully saturated rings. The summed E-state index contributed by atoms with van der Waals surface area (Å²) in [7, 11) is -3.62. The quantitative estimate of drug-likeness (QED) is 0.739. The average Bonchev–Trinajstić information content (AvgIpc) is 3.00. The Morgan fingerprint density at radius 3 is 2.52 bits per heavy atom. The Kier molecular flexibility index (Phi) is 5.57. The van der Waals surface area contributed by atoms with Crippen LogP contribution in [0.2, 0.25) is 5.02 Å². The molecule has 0 bridgehead atoms. The Hall–Kier alpha value is -1.29. The van der Waals surface area contributed by atoms with Crippen molar-refractivity contribution in [3.05, 3.63) is 29.3 Å². The molecular formula is C15H18ClN3O4S2. The molecule has 2 amide bonds. The zero-order valence-corrected chi connectivity index (χ0v) is 15.8. The second-order valence-electron chi connectivity index (χ2n) is 5.81. The van der Waals surface area contributed by atoms with E-state index >= 15 is 0 Å². The van der Waals surface area contributed by atoms with Crippen LogP contribution in [-0.4, -0.2) is 78.7 Å². The van der Waals surface area contributed by atoms with Gasteiger partial charge in [-0.15, -0.1) is 11.8 Å². The van der Waals surface area contributed by atoms with E-state index in [9.17, 15) is 18.0 Å². The fourth-order valence-corrected chi connectivity index (χ4v) is 5.39. The van der Waals surface area contributed by atoms with Gasteiger partial charge in [0.15, 0.2) is 0 Å². The van der Waals surface area contributed by atoms with Gasteiger partial charge in [-0.3, -0.25) is 9.59 Å². The molecule has 2 heterocycles. The van der Waals surface area contributed by atoms with Gasteiger partial charge in [0.1, 0.15) is 6.54 Å². The van der Waals surface area contributed by atoms with Gasteiger partial charge < -0.3 is 9.80 Å². The maximum atomic E-state index is 12.6. The minimum atomic E-state index is -3.62. The lowest BCUT2D eigenvalue weighted by Gasteiger charge is -2.34. The van der Waals surface area contributed by atoms with E-state index in [1.54, 1.807) is 17.0 Å². The maximum absolute atomic E-state index is 12.6. The van der Waals surface area contributed by atoms with Gasteiger partial charge in [-0.2, -0.15) is 4.31 Å². The van der Waals surface area contributed by atoms with Crippen LogP contribution >= 0.6 is 23.4 Å². The third kappa shape index (κ3) is 4.11. The number of nitrogens with zero attached hydrogens (tertiary/aromatic N) is 3.